The van der Waals surface area contributed by atoms with E-state index in [9.17, 15) is 13.7 Å². The van der Waals surface area contributed by atoms with E-state index in [1.165, 1.54) is 12.1 Å². The van der Waals surface area contributed by atoms with Crippen LogP contribution in [0.2, 0.25) is 0 Å². The van der Waals surface area contributed by atoms with Gasteiger partial charge in [0.05, 0.1) is 0 Å². The molecular formula is C19H16F2O2P+. The molecule has 0 aromatic heterocycles. The van der Waals surface area contributed by atoms with Crippen molar-refractivity contribution in [3.05, 3.63) is 96.1 Å². The third-order valence-corrected chi connectivity index (χ3v) is 6.13. The number of hydrogen-bond donors (Lipinski definition) is 1. The predicted octanol–water partition coefficient (Wildman–Crippen LogP) is 3.97. The molecule has 0 fully saturated rings. The third-order valence-electron chi connectivity index (χ3n) is 3.63. The largest absolute Gasteiger partial charge is 0.336 e. The number of rotatable bonds is 5. The van der Waals surface area contributed by atoms with Crippen molar-refractivity contribution in [1.82, 2.24) is 0 Å². The Balaban J connectivity index is 1.94. The van der Waals surface area contributed by atoms with E-state index in [0.29, 0.717) is 10.6 Å². The van der Waals surface area contributed by atoms with E-state index in [-0.39, 0.29) is 12.2 Å². The maximum Gasteiger partial charge on any atom is 0.336 e. The molecule has 0 unspecified atom stereocenters. The maximum absolute atomic E-state index is 13.8. The molecular weight excluding hydrogens is 329 g/mol. The molecule has 24 heavy (non-hydrogen) atoms. The van der Waals surface area contributed by atoms with E-state index in [1.54, 1.807) is 24.3 Å². The monoisotopic (exact) mass is 345 g/mol. The molecule has 5 heteroatoms. The predicted molar refractivity (Wildman–Crippen MR) is 92.4 cm³/mol. The summed E-state index contributed by atoms with van der Waals surface area (Å²) in [4.78, 5) is 11.3. The van der Waals surface area contributed by atoms with E-state index in [4.69, 9.17) is 4.52 Å². The van der Waals surface area contributed by atoms with Crippen LogP contribution in [0.15, 0.2) is 78.9 Å². The van der Waals surface area contributed by atoms with Gasteiger partial charge in [0.1, 0.15) is 18.2 Å². The Hall–Kier alpha value is -2.13. The van der Waals surface area contributed by atoms with Gasteiger partial charge in [-0.2, -0.15) is 4.52 Å². The molecule has 3 aromatic rings. The highest BCUT2D eigenvalue weighted by molar-refractivity contribution is 7.80. The topological polar surface area (TPSA) is 29.5 Å². The van der Waals surface area contributed by atoms with Gasteiger partial charge in [-0.25, -0.2) is 13.7 Å². The molecule has 0 atom stereocenters. The van der Waals surface area contributed by atoms with Crippen LogP contribution in [0.1, 0.15) is 5.56 Å². The Morgan fingerprint density at radius 1 is 0.792 bits per heavy atom. The first-order valence-electron chi connectivity index (χ1n) is 7.41. The molecule has 122 valence electrons. The van der Waals surface area contributed by atoms with Gasteiger partial charge in [0.25, 0.3) is 0 Å². The zero-order valence-electron chi connectivity index (χ0n) is 12.8. The SMILES string of the molecule is O[P+](OCc1ccc(F)cc1F)(c1ccccc1)c1ccccc1. The fourth-order valence-corrected chi connectivity index (χ4v) is 4.43. The minimum absolute atomic E-state index is 0.153. The Bertz CT molecular complexity index is 771. The highest BCUT2D eigenvalue weighted by atomic mass is 31.2. The Morgan fingerprint density at radius 3 is 1.83 bits per heavy atom. The zero-order chi connectivity index (χ0) is 17.0. The van der Waals surface area contributed by atoms with Gasteiger partial charge in [0.15, 0.2) is 10.6 Å². The van der Waals surface area contributed by atoms with Gasteiger partial charge in [0.2, 0.25) is 0 Å². The Morgan fingerprint density at radius 2 is 1.33 bits per heavy atom. The van der Waals surface area contributed by atoms with Crippen molar-refractivity contribution in [2.24, 2.45) is 0 Å². The smallest absolute Gasteiger partial charge is 0.209 e. The molecule has 1 N–H and O–H groups in total. The Kier molecular flexibility index (Phi) is 5.00. The second-order valence-corrected chi connectivity index (χ2v) is 7.70. The number of benzene rings is 3. The fourth-order valence-electron chi connectivity index (χ4n) is 2.36. The van der Waals surface area contributed by atoms with Crippen LogP contribution in [0.5, 0.6) is 0 Å². The summed E-state index contributed by atoms with van der Waals surface area (Å²) >= 11 is 0. The van der Waals surface area contributed by atoms with Crippen molar-refractivity contribution in [3.63, 3.8) is 0 Å². The average Bonchev–Trinajstić information content (AvgIpc) is 2.62. The summed E-state index contributed by atoms with van der Waals surface area (Å²) < 4.78 is 32.7. The zero-order valence-corrected chi connectivity index (χ0v) is 13.7. The van der Waals surface area contributed by atoms with E-state index in [2.05, 4.69) is 0 Å². The fraction of sp³-hybridized carbons (Fsp3) is 0.0526. The van der Waals surface area contributed by atoms with Gasteiger partial charge in [-0.15, -0.1) is 0 Å². The first-order valence-corrected chi connectivity index (χ1v) is 9.07. The molecule has 0 spiro atoms. The van der Waals surface area contributed by atoms with Crippen molar-refractivity contribution in [3.8, 4) is 0 Å². The minimum Gasteiger partial charge on any atom is -0.209 e. The van der Waals surface area contributed by atoms with Crippen LogP contribution in [0, 0.1) is 11.6 Å². The second-order valence-electron chi connectivity index (χ2n) is 5.26. The van der Waals surface area contributed by atoms with Crippen LogP contribution in [0.4, 0.5) is 8.78 Å². The van der Waals surface area contributed by atoms with E-state index >= 15 is 0 Å². The van der Waals surface area contributed by atoms with Crippen LogP contribution < -0.4 is 10.6 Å². The highest BCUT2D eigenvalue weighted by Crippen LogP contribution is 2.53. The van der Waals surface area contributed by atoms with Crippen LogP contribution in [0.3, 0.4) is 0 Å². The summed E-state index contributed by atoms with van der Waals surface area (Å²) in [6.45, 7) is -0.153. The number of halogens is 2. The molecule has 0 radical (unpaired) electrons. The van der Waals surface area contributed by atoms with E-state index in [1.807, 2.05) is 36.4 Å². The summed E-state index contributed by atoms with van der Waals surface area (Å²) in [5.74, 6) is -1.34. The van der Waals surface area contributed by atoms with Crippen LogP contribution >= 0.6 is 7.72 Å². The lowest BCUT2D eigenvalue weighted by atomic mass is 10.2. The van der Waals surface area contributed by atoms with Gasteiger partial charge >= 0.3 is 7.72 Å². The van der Waals surface area contributed by atoms with Crippen molar-refractivity contribution in [2.45, 2.75) is 6.61 Å². The molecule has 0 heterocycles. The molecule has 0 bridgehead atoms. The lowest BCUT2D eigenvalue weighted by Crippen LogP contribution is -2.24. The van der Waals surface area contributed by atoms with Gasteiger partial charge in [-0.05, 0) is 30.3 Å². The minimum atomic E-state index is -3.13. The molecule has 2 nitrogen and oxygen atoms in total. The summed E-state index contributed by atoms with van der Waals surface area (Å²) in [6, 6.07) is 21.4. The molecule has 0 aliphatic rings. The number of hydrogen-bond acceptors (Lipinski definition) is 2. The van der Waals surface area contributed by atoms with Crippen molar-refractivity contribution in [2.75, 3.05) is 0 Å². The first kappa shape index (κ1) is 16.7. The lowest BCUT2D eigenvalue weighted by molar-refractivity contribution is 0.290. The van der Waals surface area contributed by atoms with Gasteiger partial charge in [-0.1, -0.05) is 42.5 Å². The summed E-state index contributed by atoms with van der Waals surface area (Å²) in [5.41, 5.74) is 0.196. The van der Waals surface area contributed by atoms with Crippen molar-refractivity contribution in [1.29, 1.82) is 0 Å². The van der Waals surface area contributed by atoms with Gasteiger partial charge < -0.3 is 0 Å². The normalized spacial score (nSPS) is 11.5. The van der Waals surface area contributed by atoms with E-state index < -0.39 is 19.4 Å². The van der Waals surface area contributed by atoms with Crippen LogP contribution in [-0.2, 0) is 11.1 Å². The molecule has 3 aromatic carbocycles. The molecule has 0 aliphatic heterocycles. The van der Waals surface area contributed by atoms with E-state index in [0.717, 1.165) is 6.07 Å². The average molecular weight is 345 g/mol. The summed E-state index contributed by atoms with van der Waals surface area (Å²) in [7, 11) is -3.13. The molecule has 0 saturated carbocycles. The summed E-state index contributed by atoms with van der Waals surface area (Å²) in [5, 5.41) is 1.28. The molecule has 0 amide bonds. The quantitative estimate of drug-likeness (QED) is 0.709. The summed E-state index contributed by atoms with van der Waals surface area (Å²) in [6.07, 6.45) is 0. The highest BCUT2D eigenvalue weighted by Gasteiger charge is 2.44. The Labute approximate surface area is 139 Å². The molecule has 0 aliphatic carbocycles. The first-order chi connectivity index (χ1) is 11.6. The third kappa shape index (κ3) is 3.51. The van der Waals surface area contributed by atoms with Crippen molar-refractivity contribution < 1.29 is 18.2 Å². The molecule has 0 saturated heterocycles. The standard InChI is InChI=1S/C19H16F2O2P/c20-16-12-11-15(19(21)13-16)14-23-24(22,17-7-3-1-4-8-17)18-9-5-2-6-10-18/h1-13,22H,14H2/q+1. The van der Waals surface area contributed by atoms with Crippen LogP contribution in [-0.4, -0.2) is 4.89 Å². The van der Waals surface area contributed by atoms with Crippen LogP contribution in [0.25, 0.3) is 0 Å². The lowest BCUT2D eigenvalue weighted by Gasteiger charge is -2.18. The molecule has 3 rings (SSSR count). The second kappa shape index (κ2) is 7.18. The van der Waals surface area contributed by atoms with Gasteiger partial charge in [0, 0.05) is 11.6 Å². The van der Waals surface area contributed by atoms with Crippen molar-refractivity contribution >= 4 is 18.3 Å². The van der Waals surface area contributed by atoms with Gasteiger partial charge in [-0.3, -0.25) is 0 Å². The maximum atomic E-state index is 13.8.